The third-order valence-electron chi connectivity index (χ3n) is 2.42. The second-order valence-electron chi connectivity index (χ2n) is 3.73. The van der Waals surface area contributed by atoms with Gasteiger partial charge in [0.1, 0.15) is 0 Å². The maximum Gasteiger partial charge on any atom is 0.0946 e. The fraction of sp³-hybridized carbons (Fsp3) is 0.250. The van der Waals surface area contributed by atoms with Crippen LogP contribution in [0.3, 0.4) is 0 Å². The van der Waals surface area contributed by atoms with Gasteiger partial charge in [-0.2, -0.15) is 0 Å². The number of aromatic nitrogens is 2. The highest BCUT2D eigenvalue weighted by atomic mass is 79.9. The summed E-state index contributed by atoms with van der Waals surface area (Å²) >= 11 is 9.35. The molecule has 0 aliphatic carbocycles. The average Bonchev–Trinajstić information content (AvgIpc) is 2.82. The zero-order valence-corrected chi connectivity index (χ0v) is 11.6. The van der Waals surface area contributed by atoms with Crippen molar-refractivity contribution in [3.8, 4) is 0 Å². The Morgan fingerprint density at radius 3 is 3.00 bits per heavy atom. The first kappa shape index (κ1) is 12.6. The maximum absolute atomic E-state index is 5.93. The number of nitrogens with one attached hydrogen (secondary N) is 1. The molecule has 0 aliphatic rings. The lowest BCUT2D eigenvalue weighted by Gasteiger charge is -2.06. The van der Waals surface area contributed by atoms with E-state index in [9.17, 15) is 0 Å². The number of nitrogens with zero attached hydrogens (tertiary/aromatic N) is 2. The van der Waals surface area contributed by atoms with Gasteiger partial charge in [0.05, 0.1) is 11.3 Å². The molecule has 1 aromatic heterocycles. The Morgan fingerprint density at radius 1 is 1.41 bits per heavy atom. The SMILES string of the molecule is Clc1ccc(CNCCn2ccnc2)cc1Br. The van der Waals surface area contributed by atoms with E-state index in [1.165, 1.54) is 5.56 Å². The highest BCUT2D eigenvalue weighted by Crippen LogP contribution is 2.22. The van der Waals surface area contributed by atoms with Crippen molar-refractivity contribution in [2.24, 2.45) is 0 Å². The third-order valence-corrected chi connectivity index (χ3v) is 3.63. The lowest BCUT2D eigenvalue weighted by molar-refractivity contribution is 0.597. The molecule has 1 N–H and O–H groups in total. The van der Waals surface area contributed by atoms with Crippen molar-refractivity contribution in [3.05, 3.63) is 52.0 Å². The molecule has 0 fully saturated rings. The number of imidazole rings is 1. The van der Waals surface area contributed by atoms with Crippen LogP contribution >= 0.6 is 27.5 Å². The molecule has 0 atom stereocenters. The summed E-state index contributed by atoms with van der Waals surface area (Å²) in [5, 5.41) is 4.12. The molecule has 5 heteroatoms. The molecule has 1 heterocycles. The van der Waals surface area contributed by atoms with Crippen molar-refractivity contribution in [1.29, 1.82) is 0 Å². The molecule has 2 rings (SSSR count). The van der Waals surface area contributed by atoms with E-state index in [0.717, 1.165) is 29.1 Å². The molecule has 0 unspecified atom stereocenters. The monoisotopic (exact) mass is 313 g/mol. The Balaban J connectivity index is 1.76. The highest BCUT2D eigenvalue weighted by molar-refractivity contribution is 9.10. The van der Waals surface area contributed by atoms with Crippen LogP contribution in [0.4, 0.5) is 0 Å². The van der Waals surface area contributed by atoms with Crippen LogP contribution < -0.4 is 5.32 Å². The summed E-state index contributed by atoms with van der Waals surface area (Å²) in [6, 6.07) is 5.96. The Hall–Kier alpha value is -0.840. The van der Waals surface area contributed by atoms with Crippen molar-refractivity contribution in [1.82, 2.24) is 14.9 Å². The van der Waals surface area contributed by atoms with Crippen molar-refractivity contribution < 1.29 is 0 Å². The largest absolute Gasteiger partial charge is 0.336 e. The average molecular weight is 315 g/mol. The minimum absolute atomic E-state index is 0.743. The van der Waals surface area contributed by atoms with Crippen molar-refractivity contribution in [2.45, 2.75) is 13.1 Å². The first-order valence-electron chi connectivity index (χ1n) is 5.36. The van der Waals surface area contributed by atoms with Gasteiger partial charge in [0, 0.05) is 36.5 Å². The van der Waals surface area contributed by atoms with Gasteiger partial charge in [-0.25, -0.2) is 4.98 Å². The van der Waals surface area contributed by atoms with Crippen LogP contribution in [-0.4, -0.2) is 16.1 Å². The van der Waals surface area contributed by atoms with E-state index in [0.29, 0.717) is 0 Å². The zero-order valence-electron chi connectivity index (χ0n) is 9.24. The molecular weight excluding hydrogens is 302 g/mol. The van der Waals surface area contributed by atoms with Crippen LogP contribution in [0.5, 0.6) is 0 Å². The number of hydrogen-bond acceptors (Lipinski definition) is 2. The highest BCUT2D eigenvalue weighted by Gasteiger charge is 1.98. The van der Waals surface area contributed by atoms with Gasteiger partial charge in [-0.15, -0.1) is 0 Å². The van der Waals surface area contributed by atoms with Gasteiger partial charge < -0.3 is 9.88 Å². The Kier molecular flexibility index (Phi) is 4.59. The van der Waals surface area contributed by atoms with Crippen LogP contribution in [0, 0.1) is 0 Å². The standard InChI is InChI=1S/C12H13BrClN3/c13-11-7-10(1-2-12(11)14)8-15-3-5-17-6-4-16-9-17/h1-2,4,6-7,9,15H,3,5,8H2. The molecule has 0 radical (unpaired) electrons. The molecule has 0 amide bonds. The van der Waals surface area contributed by atoms with Gasteiger partial charge in [-0.3, -0.25) is 0 Å². The molecule has 3 nitrogen and oxygen atoms in total. The predicted molar refractivity (Wildman–Crippen MR) is 73.1 cm³/mol. The van der Waals surface area contributed by atoms with E-state index in [4.69, 9.17) is 11.6 Å². The number of benzene rings is 1. The molecule has 0 saturated carbocycles. The molecule has 0 spiro atoms. The fourth-order valence-electron chi connectivity index (χ4n) is 1.51. The number of hydrogen-bond donors (Lipinski definition) is 1. The molecule has 90 valence electrons. The molecule has 2 aromatic rings. The van der Waals surface area contributed by atoms with E-state index in [2.05, 4.69) is 26.2 Å². The van der Waals surface area contributed by atoms with Crippen LogP contribution in [0.2, 0.25) is 5.02 Å². The topological polar surface area (TPSA) is 29.9 Å². The van der Waals surface area contributed by atoms with Crippen molar-refractivity contribution in [2.75, 3.05) is 6.54 Å². The van der Waals surface area contributed by atoms with Gasteiger partial charge >= 0.3 is 0 Å². The lowest BCUT2D eigenvalue weighted by Crippen LogP contribution is -2.18. The second-order valence-corrected chi connectivity index (χ2v) is 4.99. The Labute approximate surface area is 114 Å². The summed E-state index contributed by atoms with van der Waals surface area (Å²) < 4.78 is 2.98. The normalized spacial score (nSPS) is 10.7. The number of halogens is 2. The summed E-state index contributed by atoms with van der Waals surface area (Å²) in [7, 11) is 0. The maximum atomic E-state index is 5.93. The van der Waals surface area contributed by atoms with Crippen LogP contribution in [0.25, 0.3) is 0 Å². The Morgan fingerprint density at radius 2 is 2.29 bits per heavy atom. The van der Waals surface area contributed by atoms with E-state index < -0.39 is 0 Å². The molecule has 0 saturated heterocycles. The predicted octanol–water partition coefficient (Wildman–Crippen LogP) is 3.09. The van der Waals surface area contributed by atoms with Crippen molar-refractivity contribution >= 4 is 27.5 Å². The smallest absolute Gasteiger partial charge is 0.0946 e. The summed E-state index contributed by atoms with van der Waals surface area (Å²) in [6.45, 7) is 2.68. The molecule has 0 aliphatic heterocycles. The quantitative estimate of drug-likeness (QED) is 0.860. The summed E-state index contributed by atoms with van der Waals surface area (Å²) in [4.78, 5) is 3.99. The van der Waals surface area contributed by atoms with Crippen molar-refractivity contribution in [3.63, 3.8) is 0 Å². The lowest BCUT2D eigenvalue weighted by atomic mass is 10.2. The van der Waals surface area contributed by atoms with E-state index in [1.54, 1.807) is 6.20 Å². The first-order chi connectivity index (χ1) is 8.25. The van der Waals surface area contributed by atoms with Gasteiger partial charge in [0.25, 0.3) is 0 Å². The number of rotatable bonds is 5. The minimum atomic E-state index is 0.743. The molecule has 0 bridgehead atoms. The summed E-state index contributed by atoms with van der Waals surface area (Å²) in [5.74, 6) is 0. The third kappa shape index (κ3) is 3.84. The molecule has 1 aromatic carbocycles. The summed E-state index contributed by atoms with van der Waals surface area (Å²) in [5.41, 5.74) is 1.21. The van der Waals surface area contributed by atoms with Crippen LogP contribution in [-0.2, 0) is 13.1 Å². The van der Waals surface area contributed by atoms with Crippen LogP contribution in [0.1, 0.15) is 5.56 Å². The van der Waals surface area contributed by atoms with E-state index in [-0.39, 0.29) is 0 Å². The van der Waals surface area contributed by atoms with E-state index in [1.807, 2.05) is 35.3 Å². The van der Waals surface area contributed by atoms with Gasteiger partial charge in [0.2, 0.25) is 0 Å². The minimum Gasteiger partial charge on any atom is -0.336 e. The van der Waals surface area contributed by atoms with E-state index >= 15 is 0 Å². The van der Waals surface area contributed by atoms with Gasteiger partial charge in [0.15, 0.2) is 0 Å². The molecule has 17 heavy (non-hydrogen) atoms. The first-order valence-corrected chi connectivity index (χ1v) is 6.53. The van der Waals surface area contributed by atoms with Gasteiger partial charge in [-0.05, 0) is 33.6 Å². The summed E-state index contributed by atoms with van der Waals surface area (Å²) in [6.07, 6.45) is 5.57. The van der Waals surface area contributed by atoms with Gasteiger partial charge in [-0.1, -0.05) is 17.7 Å². The zero-order chi connectivity index (χ0) is 12.1. The molecular formula is C12H13BrClN3. The Bertz CT molecular complexity index is 471. The fourth-order valence-corrected chi connectivity index (χ4v) is 2.05. The van der Waals surface area contributed by atoms with Crippen LogP contribution in [0.15, 0.2) is 41.4 Å². The second kappa shape index (κ2) is 6.19.